The lowest BCUT2D eigenvalue weighted by Gasteiger charge is -2.23. The molecule has 0 heterocycles. The Bertz CT molecular complexity index is 1050. The van der Waals surface area contributed by atoms with E-state index >= 15 is 0 Å². The Balaban J connectivity index is 4.73. The summed E-state index contributed by atoms with van der Waals surface area (Å²) in [4.78, 5) is 26.0. The van der Waals surface area contributed by atoms with Crippen molar-refractivity contribution in [2.45, 2.75) is 251 Å². The zero-order chi connectivity index (χ0) is 42.4. The highest BCUT2D eigenvalue weighted by molar-refractivity contribution is 5.78. The van der Waals surface area contributed by atoms with Crippen molar-refractivity contribution in [2.75, 3.05) is 6.61 Å². The van der Waals surface area contributed by atoms with Gasteiger partial charge in [-0.15, -0.1) is 0 Å². The molecule has 336 valence electrons. The summed E-state index contributed by atoms with van der Waals surface area (Å²) in [5.41, 5.74) is 0. The summed E-state index contributed by atoms with van der Waals surface area (Å²) in [5, 5.41) is 23.6. The van der Waals surface area contributed by atoms with Gasteiger partial charge in [0.05, 0.1) is 25.2 Å². The molecule has 3 unspecified atom stereocenters. The molecule has 3 N–H and O–H groups in total. The van der Waals surface area contributed by atoms with Crippen LogP contribution >= 0.6 is 0 Å². The first-order valence-electron chi connectivity index (χ1n) is 24.5. The zero-order valence-electron chi connectivity index (χ0n) is 38.2. The number of carbonyl (C=O) groups is 2. The molecule has 6 nitrogen and oxygen atoms in total. The van der Waals surface area contributed by atoms with Crippen molar-refractivity contribution < 1.29 is 24.5 Å². The van der Waals surface area contributed by atoms with E-state index in [9.17, 15) is 19.8 Å². The number of esters is 1. The van der Waals surface area contributed by atoms with Crippen LogP contribution in [0.3, 0.4) is 0 Å². The van der Waals surface area contributed by atoms with Crippen LogP contribution < -0.4 is 5.32 Å². The predicted molar refractivity (Wildman–Crippen MR) is 250 cm³/mol. The summed E-state index contributed by atoms with van der Waals surface area (Å²) < 4.78 is 5.81. The third-order valence-electron chi connectivity index (χ3n) is 10.9. The van der Waals surface area contributed by atoms with Crippen molar-refractivity contribution in [3.8, 4) is 0 Å². The van der Waals surface area contributed by atoms with E-state index in [0.29, 0.717) is 19.3 Å². The minimum atomic E-state index is -0.817. The van der Waals surface area contributed by atoms with Gasteiger partial charge in [-0.1, -0.05) is 230 Å². The Morgan fingerprint density at radius 3 is 1.31 bits per heavy atom. The van der Waals surface area contributed by atoms with Gasteiger partial charge in [0.25, 0.3) is 0 Å². The molecule has 3 atom stereocenters. The topological polar surface area (TPSA) is 95.9 Å². The molecule has 0 saturated carbocycles. The maximum absolute atomic E-state index is 13.1. The molecule has 0 aliphatic carbocycles. The van der Waals surface area contributed by atoms with E-state index in [1.807, 2.05) is 6.08 Å². The molecule has 0 aromatic rings. The molecule has 0 rings (SSSR count). The first-order chi connectivity index (χ1) is 28.5. The van der Waals surface area contributed by atoms with Crippen LogP contribution in [-0.4, -0.2) is 46.9 Å². The maximum atomic E-state index is 13.1. The highest BCUT2D eigenvalue weighted by Gasteiger charge is 2.23. The van der Waals surface area contributed by atoms with E-state index < -0.39 is 18.2 Å². The second kappa shape index (κ2) is 45.6. The van der Waals surface area contributed by atoms with Crippen LogP contribution in [0, 0.1) is 0 Å². The minimum Gasteiger partial charge on any atom is -0.458 e. The largest absolute Gasteiger partial charge is 0.458 e. The van der Waals surface area contributed by atoms with E-state index in [2.05, 4.69) is 74.7 Å². The summed E-state index contributed by atoms with van der Waals surface area (Å²) in [7, 11) is 0. The standard InChI is InChI=1S/C52H93NO5/c1-4-7-10-13-16-19-22-25-27-28-31-34-37-40-43-48(58-52(57)45-42-39-36-33-30-24-21-18-15-12-9-6-3)46-51(56)53-49(47-54)50(55)44-41-38-35-32-29-26-23-20-17-14-11-8-5-2/h7,10,16,19,25,27,31,34,40,43,48-50,54-55H,4-6,8-9,11-15,17-18,20-24,26,28-30,32-33,35-39,41-42,44-47H2,1-3H3,(H,53,56)/b10-7+,19-16+,27-25+,34-31+,43-40+. The third kappa shape index (κ3) is 40.3. The summed E-state index contributed by atoms with van der Waals surface area (Å²) in [6, 6.07) is -0.740. The van der Waals surface area contributed by atoms with Crippen molar-refractivity contribution in [1.82, 2.24) is 5.32 Å². The van der Waals surface area contributed by atoms with Gasteiger partial charge >= 0.3 is 5.97 Å². The normalized spacial score (nSPS) is 13.8. The molecule has 0 aliphatic heterocycles. The molecule has 0 aromatic carbocycles. The Labute approximate surface area is 358 Å². The molecular formula is C52H93NO5. The summed E-state index contributed by atoms with van der Waals surface area (Å²) >= 11 is 0. The van der Waals surface area contributed by atoms with Crippen molar-refractivity contribution in [2.24, 2.45) is 0 Å². The number of amides is 1. The monoisotopic (exact) mass is 812 g/mol. The fourth-order valence-corrected chi connectivity index (χ4v) is 7.16. The molecule has 58 heavy (non-hydrogen) atoms. The quantitative estimate of drug-likeness (QED) is 0.0324. The smallest absolute Gasteiger partial charge is 0.306 e. The molecule has 0 aliphatic rings. The van der Waals surface area contributed by atoms with E-state index in [1.165, 1.54) is 122 Å². The van der Waals surface area contributed by atoms with Gasteiger partial charge in [0.1, 0.15) is 6.10 Å². The number of aliphatic hydroxyl groups is 2. The van der Waals surface area contributed by atoms with Gasteiger partial charge in [-0.05, 0) is 51.0 Å². The lowest BCUT2D eigenvalue weighted by atomic mass is 10.0. The highest BCUT2D eigenvalue weighted by atomic mass is 16.5. The molecule has 0 spiro atoms. The van der Waals surface area contributed by atoms with E-state index in [1.54, 1.807) is 6.08 Å². The van der Waals surface area contributed by atoms with Crippen LogP contribution in [0.4, 0.5) is 0 Å². The van der Waals surface area contributed by atoms with E-state index in [0.717, 1.165) is 64.2 Å². The Morgan fingerprint density at radius 1 is 0.517 bits per heavy atom. The minimum absolute atomic E-state index is 0.0448. The molecule has 0 radical (unpaired) electrons. The average Bonchev–Trinajstić information content (AvgIpc) is 3.22. The molecular weight excluding hydrogens is 719 g/mol. The van der Waals surface area contributed by atoms with Gasteiger partial charge in [0.15, 0.2) is 0 Å². The van der Waals surface area contributed by atoms with Gasteiger partial charge in [0, 0.05) is 6.42 Å². The average molecular weight is 812 g/mol. The summed E-state index contributed by atoms with van der Waals surface area (Å²) in [5.74, 6) is -0.626. The second-order valence-corrected chi connectivity index (χ2v) is 16.5. The number of ether oxygens (including phenoxy) is 1. The van der Waals surface area contributed by atoms with Gasteiger partial charge < -0.3 is 20.3 Å². The number of aliphatic hydroxyl groups excluding tert-OH is 2. The predicted octanol–water partition coefficient (Wildman–Crippen LogP) is 14.5. The van der Waals surface area contributed by atoms with Crippen molar-refractivity contribution in [3.63, 3.8) is 0 Å². The number of hydrogen-bond acceptors (Lipinski definition) is 5. The van der Waals surface area contributed by atoms with Crippen LogP contribution in [0.1, 0.15) is 233 Å². The summed E-state index contributed by atoms with van der Waals surface area (Å²) in [6.45, 7) is 6.32. The van der Waals surface area contributed by atoms with Crippen LogP contribution in [-0.2, 0) is 14.3 Å². The molecule has 0 aromatic heterocycles. The zero-order valence-corrected chi connectivity index (χ0v) is 38.2. The van der Waals surface area contributed by atoms with Gasteiger partial charge in [-0.2, -0.15) is 0 Å². The van der Waals surface area contributed by atoms with Gasteiger partial charge in [0.2, 0.25) is 5.91 Å². The number of hydrogen-bond donors (Lipinski definition) is 3. The number of allylic oxidation sites excluding steroid dienone is 9. The lowest BCUT2D eigenvalue weighted by Crippen LogP contribution is -2.46. The van der Waals surface area contributed by atoms with Crippen LogP contribution in [0.2, 0.25) is 0 Å². The van der Waals surface area contributed by atoms with E-state index in [-0.39, 0.29) is 24.9 Å². The van der Waals surface area contributed by atoms with Gasteiger partial charge in [-0.25, -0.2) is 0 Å². The number of carbonyl (C=O) groups excluding carboxylic acids is 2. The third-order valence-corrected chi connectivity index (χ3v) is 10.9. The molecule has 0 saturated heterocycles. The number of rotatable bonds is 43. The first-order valence-corrected chi connectivity index (χ1v) is 24.5. The van der Waals surface area contributed by atoms with E-state index in [4.69, 9.17) is 4.74 Å². The van der Waals surface area contributed by atoms with Gasteiger partial charge in [-0.3, -0.25) is 9.59 Å². The SMILES string of the molecule is CC/C=C/C/C=C/C/C=C/C/C=C/C/C=C/C(CC(=O)NC(CO)C(O)CCCCCCCCCCCCCCC)OC(=O)CCCCCCCCCCCCCC. The Hall–Kier alpha value is -2.44. The van der Waals surface area contributed by atoms with Crippen LogP contribution in [0.5, 0.6) is 0 Å². The molecule has 6 heteroatoms. The fourth-order valence-electron chi connectivity index (χ4n) is 7.16. The van der Waals surface area contributed by atoms with Crippen molar-refractivity contribution >= 4 is 11.9 Å². The molecule has 0 bridgehead atoms. The highest BCUT2D eigenvalue weighted by Crippen LogP contribution is 2.16. The number of nitrogens with one attached hydrogen (secondary N) is 1. The fraction of sp³-hybridized carbons (Fsp3) is 0.769. The van der Waals surface area contributed by atoms with Crippen LogP contribution in [0.25, 0.3) is 0 Å². The van der Waals surface area contributed by atoms with Crippen molar-refractivity contribution in [3.05, 3.63) is 60.8 Å². The molecule has 1 amide bonds. The number of unbranched alkanes of at least 4 members (excludes halogenated alkanes) is 23. The van der Waals surface area contributed by atoms with Crippen LogP contribution in [0.15, 0.2) is 60.8 Å². The van der Waals surface area contributed by atoms with Crippen molar-refractivity contribution in [1.29, 1.82) is 0 Å². The Kier molecular flexibility index (Phi) is 43.7. The second-order valence-electron chi connectivity index (χ2n) is 16.5. The lowest BCUT2D eigenvalue weighted by molar-refractivity contribution is -0.148. The maximum Gasteiger partial charge on any atom is 0.306 e. The Morgan fingerprint density at radius 2 is 0.897 bits per heavy atom. The summed E-state index contributed by atoms with van der Waals surface area (Å²) in [6.07, 6.45) is 55.9. The molecule has 0 fully saturated rings. The first kappa shape index (κ1) is 55.6.